The molecule has 97 heavy (non-hydrogen) atoms. The number of aromatic nitrogens is 1. The molecule has 4 aromatic carbocycles. The number of unbranched alkanes of at least 4 members (excludes halogenated alkanes) is 1. The predicted molar refractivity (Wildman–Crippen MR) is 374 cm³/mol. The van der Waals surface area contributed by atoms with Crippen LogP contribution in [0.2, 0.25) is 0 Å². The van der Waals surface area contributed by atoms with Crippen molar-refractivity contribution in [3.05, 3.63) is 132 Å². The van der Waals surface area contributed by atoms with Gasteiger partial charge in [0.15, 0.2) is 11.2 Å². The molecule has 0 saturated carbocycles. The normalized spacial score (nSPS) is 19.8. The maximum atomic E-state index is 15.1. The molecular weight excluding hydrogens is 1310 g/mol. The van der Waals surface area contributed by atoms with E-state index in [1.165, 1.54) is 36.8 Å². The number of amides is 8. The Labute approximate surface area is 576 Å². The molecule has 526 valence electrons. The number of ether oxygens (including phenoxy) is 2. The smallest absolute Gasteiger partial charge is 0.328 e. The number of aliphatic hydroxyl groups is 2. The maximum Gasteiger partial charge on any atom is 0.328 e. The standard InChI is InChI=1S/C67H90N12O15S3/c1-39(80)56-64(90)77-54(63(89)79-57(40(2)81)65(91)92)38-97-96-37-53(76-59(85)50(31-41-13-7-6-8-14-41)72-55(83)36-94-30-29-93-28-27-69-66(95)71-45-22-18-43(19-23-45)34-67(3,4)5)62(88)74-51(32-42-20-24-46(82)25-21-42)60(86)75-52(33-44-35-70-48-16-10-9-15-47(44)48)61(87)73-49(58(84)78-56)17-11-12-26-68/h6-10,13-16,18-25,35,39-40,49-54,56-57,70,80-82H,11-12,17,26-34,36-38,68H2,1-5H3,(H,72,83)(H,73,87)(H,74,88)(H,75,86)(H,76,85)(H,77,90)(H,78,84)(H,79,89)(H,91,92)(H2,69,71,95)/t39?,40?,49-,50+,51-,52+,53-,54-,56-,57-/m0/s1. The molecule has 27 nitrogen and oxygen atoms in total. The van der Waals surface area contributed by atoms with Gasteiger partial charge in [0.05, 0.1) is 32.0 Å². The van der Waals surface area contributed by atoms with Crippen molar-refractivity contribution in [2.75, 3.05) is 56.3 Å². The van der Waals surface area contributed by atoms with Crippen LogP contribution in [0.3, 0.4) is 0 Å². The third-order valence-corrected chi connectivity index (χ3v) is 17.9. The topological polar surface area (TPSA) is 415 Å². The van der Waals surface area contributed by atoms with Crippen LogP contribution >= 0.6 is 33.8 Å². The third-order valence-electron chi connectivity index (χ3n) is 15.3. The van der Waals surface area contributed by atoms with Gasteiger partial charge in [0, 0.05) is 60.1 Å². The zero-order valence-electron chi connectivity index (χ0n) is 54.9. The van der Waals surface area contributed by atoms with E-state index >= 15 is 9.59 Å². The van der Waals surface area contributed by atoms with Gasteiger partial charge in [-0.3, -0.25) is 38.4 Å². The van der Waals surface area contributed by atoms with E-state index in [0.29, 0.717) is 45.7 Å². The number of rotatable bonds is 28. The Hall–Kier alpha value is -8.36. The molecule has 10 atom stereocenters. The number of anilines is 1. The molecule has 17 N–H and O–H groups in total. The minimum Gasteiger partial charge on any atom is -0.508 e. The number of thiocarbonyl (C=S) groups is 1. The fourth-order valence-corrected chi connectivity index (χ4v) is 12.8. The summed E-state index contributed by atoms with van der Waals surface area (Å²) >= 11 is 5.45. The molecule has 0 aliphatic carbocycles. The summed E-state index contributed by atoms with van der Waals surface area (Å²) in [7, 11) is 1.76. The predicted octanol–water partition coefficient (Wildman–Crippen LogP) is 1.76. The summed E-state index contributed by atoms with van der Waals surface area (Å²) in [5.41, 5.74) is 10.4. The van der Waals surface area contributed by atoms with Gasteiger partial charge in [-0.15, -0.1) is 0 Å². The number of para-hydroxylation sites is 1. The molecule has 0 bridgehead atoms. The van der Waals surface area contributed by atoms with Crippen molar-refractivity contribution in [1.82, 2.24) is 52.8 Å². The van der Waals surface area contributed by atoms with Crippen LogP contribution in [-0.4, -0.2) is 195 Å². The Morgan fingerprint density at radius 3 is 2.00 bits per heavy atom. The van der Waals surface area contributed by atoms with Crippen molar-refractivity contribution in [2.45, 2.75) is 140 Å². The number of nitrogens with two attached hydrogens (primary N) is 1. The first-order chi connectivity index (χ1) is 46.3. The van der Waals surface area contributed by atoms with E-state index in [1.54, 1.807) is 54.7 Å². The number of fused-ring (bicyclic) bond motifs is 1. The number of aliphatic carboxylic acids is 1. The number of carbonyl (C=O) groups is 9. The van der Waals surface area contributed by atoms with E-state index in [1.807, 2.05) is 18.2 Å². The molecule has 0 spiro atoms. The summed E-state index contributed by atoms with van der Waals surface area (Å²) in [6.45, 7) is 9.29. The average molecular weight is 1400 g/mol. The molecule has 30 heteroatoms. The minimum atomic E-state index is -1.87. The molecule has 1 aliphatic heterocycles. The van der Waals surface area contributed by atoms with Gasteiger partial charge in [0.1, 0.15) is 54.6 Å². The second kappa shape index (κ2) is 39.1. The number of benzene rings is 4. The van der Waals surface area contributed by atoms with Gasteiger partial charge in [0.2, 0.25) is 47.3 Å². The minimum absolute atomic E-state index is 0.00258. The number of phenolic OH excluding ortho intramolecular Hbond substituents is 1. The van der Waals surface area contributed by atoms with Gasteiger partial charge in [0.25, 0.3) is 0 Å². The SMILES string of the molecule is CC(O)[C@H](NC(=O)[C@@H]1CSSC[C@H](NC(=O)[C@@H](Cc2ccccc2)NC(=O)COCCOCCNC(=S)Nc2ccc(CC(C)(C)C)cc2)C(=O)N[C@@H](Cc2ccc(O)cc2)C(=O)N[C@H](Cc2c[nH]c3ccccc23)C(=O)N[C@@H](CCCCN)C(=O)N[C@@H](C(C)O)C(=O)N1)C(=O)O. The summed E-state index contributed by atoms with van der Waals surface area (Å²) < 4.78 is 11.3. The zero-order valence-corrected chi connectivity index (χ0v) is 57.3. The number of carbonyl (C=O) groups excluding carboxylic acids is 8. The first-order valence-corrected chi connectivity index (χ1v) is 34.8. The fraction of sp³-hybridized carbons (Fsp3) is 0.463. The molecule has 1 fully saturated rings. The lowest BCUT2D eigenvalue weighted by Gasteiger charge is -2.29. The van der Waals surface area contributed by atoms with Gasteiger partial charge >= 0.3 is 5.97 Å². The van der Waals surface area contributed by atoms with Crippen molar-refractivity contribution in [2.24, 2.45) is 11.1 Å². The van der Waals surface area contributed by atoms with Gasteiger partial charge in [-0.25, -0.2) is 4.79 Å². The number of phenols is 1. The van der Waals surface area contributed by atoms with E-state index < -0.39 is 126 Å². The molecule has 2 unspecified atom stereocenters. The highest BCUT2D eigenvalue weighted by Crippen LogP contribution is 2.26. The highest BCUT2D eigenvalue weighted by molar-refractivity contribution is 8.76. The molecule has 1 aromatic heterocycles. The van der Waals surface area contributed by atoms with Crippen LogP contribution in [0.4, 0.5) is 5.69 Å². The van der Waals surface area contributed by atoms with Crippen molar-refractivity contribution < 1.29 is 73.1 Å². The first-order valence-electron chi connectivity index (χ1n) is 31.9. The lowest BCUT2D eigenvalue weighted by molar-refractivity contribution is -0.145. The number of H-pyrrole nitrogens is 1. The van der Waals surface area contributed by atoms with Crippen LogP contribution in [-0.2, 0) is 78.3 Å². The van der Waals surface area contributed by atoms with Crippen LogP contribution in [0.5, 0.6) is 5.75 Å². The van der Waals surface area contributed by atoms with Crippen molar-refractivity contribution in [3.8, 4) is 5.75 Å². The molecule has 1 aliphatic rings. The summed E-state index contributed by atoms with van der Waals surface area (Å²) in [6, 6.07) is 16.9. The summed E-state index contributed by atoms with van der Waals surface area (Å²) in [4.78, 5) is 132. The van der Waals surface area contributed by atoms with Crippen molar-refractivity contribution in [3.63, 3.8) is 0 Å². The zero-order chi connectivity index (χ0) is 70.6. The highest BCUT2D eigenvalue weighted by atomic mass is 33.1. The molecule has 5 aromatic rings. The summed E-state index contributed by atoms with van der Waals surface area (Å²) in [5.74, 6) is -9.95. The number of hydrogen-bond donors (Lipinski definition) is 16. The van der Waals surface area contributed by atoms with E-state index in [0.717, 1.165) is 40.6 Å². The second-order valence-electron chi connectivity index (χ2n) is 24.7. The third kappa shape index (κ3) is 26.5. The molecule has 6 rings (SSSR count). The first kappa shape index (κ1) is 77.6. The lowest BCUT2D eigenvalue weighted by atomic mass is 9.88. The van der Waals surface area contributed by atoms with Gasteiger partial charge < -0.3 is 93.8 Å². The number of nitrogens with one attached hydrogen (secondary N) is 11. The summed E-state index contributed by atoms with van der Waals surface area (Å²) in [5, 5.41) is 69.7. The quantitative estimate of drug-likeness (QED) is 0.0193. The largest absolute Gasteiger partial charge is 0.508 e. The Balaban J connectivity index is 1.27. The number of hydrogen-bond acceptors (Lipinski definition) is 18. The number of carboxylic acid groups (broad SMARTS) is 1. The number of aromatic amines is 1. The van der Waals surface area contributed by atoms with Gasteiger partial charge in [-0.2, -0.15) is 0 Å². The maximum absolute atomic E-state index is 15.1. The Kier molecular flexibility index (Phi) is 31.3. The molecule has 0 radical (unpaired) electrons. The molecule has 2 heterocycles. The second-order valence-corrected chi connectivity index (χ2v) is 27.6. The van der Waals surface area contributed by atoms with Gasteiger partial charge in [-0.1, -0.05) is 115 Å². The van der Waals surface area contributed by atoms with E-state index in [2.05, 4.69) is 91.1 Å². The highest BCUT2D eigenvalue weighted by Gasteiger charge is 2.38. The van der Waals surface area contributed by atoms with Gasteiger partial charge in [-0.05, 0) is 116 Å². The van der Waals surface area contributed by atoms with Crippen LogP contribution in [0.15, 0.2) is 109 Å². The average Bonchev–Trinajstić information content (AvgIpc) is 1.83. The Morgan fingerprint density at radius 1 is 0.701 bits per heavy atom. The van der Waals surface area contributed by atoms with E-state index in [4.69, 9.17) is 27.4 Å². The lowest BCUT2D eigenvalue weighted by Crippen LogP contribution is -2.62. The van der Waals surface area contributed by atoms with Crippen molar-refractivity contribution >= 4 is 109 Å². The van der Waals surface area contributed by atoms with E-state index in [-0.39, 0.29) is 75.4 Å². The van der Waals surface area contributed by atoms with Crippen LogP contribution in [0.25, 0.3) is 10.9 Å². The van der Waals surface area contributed by atoms with Crippen LogP contribution in [0, 0.1) is 5.41 Å². The summed E-state index contributed by atoms with van der Waals surface area (Å²) in [6.07, 6.45) is -0.597. The number of carboxylic acids is 1. The number of aromatic hydroxyl groups is 1. The molecule has 8 amide bonds. The monoisotopic (exact) mass is 1400 g/mol. The van der Waals surface area contributed by atoms with Crippen molar-refractivity contribution in [1.29, 1.82) is 0 Å². The molecule has 1 saturated heterocycles. The van der Waals surface area contributed by atoms with E-state index in [9.17, 15) is 54.0 Å². The fourth-order valence-electron chi connectivity index (χ4n) is 10.2. The van der Waals surface area contributed by atoms with Crippen LogP contribution in [0.1, 0.15) is 76.1 Å². The van der Waals surface area contributed by atoms with Crippen LogP contribution < -0.4 is 58.9 Å². The Bertz CT molecular complexity index is 3430. The number of aliphatic hydroxyl groups excluding tert-OH is 2. The molecular formula is C67H90N12O15S3. The Morgan fingerprint density at radius 2 is 1.33 bits per heavy atom.